The second kappa shape index (κ2) is 8.53. The number of hydrogen-bond donors (Lipinski definition) is 2. The van der Waals surface area contributed by atoms with Crippen LogP contribution in [0, 0.1) is 0 Å². The number of carbonyl (C=O) groups excluding carboxylic acids is 1. The Morgan fingerprint density at radius 3 is 2.31 bits per heavy atom. The van der Waals surface area contributed by atoms with Gasteiger partial charge in [-0.05, 0) is 36.8 Å². The molecule has 12 heteroatoms. The third-order valence-corrected chi connectivity index (χ3v) is 4.45. The molecule has 0 aliphatic carbocycles. The van der Waals surface area contributed by atoms with Crippen LogP contribution in [0.15, 0.2) is 35.2 Å². The van der Waals surface area contributed by atoms with Crippen molar-refractivity contribution in [1.82, 2.24) is 20.0 Å². The number of aromatic nitrogens is 2. The Kier molecular flexibility index (Phi) is 7.42. The van der Waals surface area contributed by atoms with E-state index in [0.29, 0.717) is 12.1 Å². The molecule has 0 fully saturated rings. The number of alkyl halides is 3. The number of aryl methyl sites for hydroxylation is 1. The van der Waals surface area contributed by atoms with Crippen molar-refractivity contribution in [3.63, 3.8) is 0 Å². The molecule has 0 saturated carbocycles. The number of hydrazine groups is 1. The maximum Gasteiger partial charge on any atom is 1.00 e. The van der Waals surface area contributed by atoms with Crippen LogP contribution in [-0.4, -0.2) is 24.1 Å². The van der Waals surface area contributed by atoms with E-state index in [4.69, 9.17) is 0 Å². The predicted molar refractivity (Wildman–Crippen MR) is 83.2 cm³/mol. The number of rotatable bonds is 5. The summed E-state index contributed by atoms with van der Waals surface area (Å²) in [7, 11) is -3.98. The monoisotopic (exact) mass is 400 g/mol. The summed E-state index contributed by atoms with van der Waals surface area (Å²) < 4.78 is 63.4. The molecule has 0 aliphatic heterocycles. The van der Waals surface area contributed by atoms with Crippen LogP contribution < -0.4 is 39.8 Å². The summed E-state index contributed by atoms with van der Waals surface area (Å²) in [4.78, 5) is 12.5. The zero-order valence-electron chi connectivity index (χ0n) is 15.3. The number of hydrogen-bond acceptors (Lipinski definition) is 4. The van der Waals surface area contributed by atoms with E-state index >= 15 is 0 Å². The normalized spacial score (nSPS) is 11.7. The van der Waals surface area contributed by atoms with E-state index in [1.165, 1.54) is 24.3 Å². The molecule has 1 aromatic heterocycles. The Balaban J connectivity index is 0.00000338. The molecule has 1 heterocycles. The van der Waals surface area contributed by atoms with E-state index in [1.54, 1.807) is 6.92 Å². The molecule has 7 nitrogen and oxygen atoms in total. The van der Waals surface area contributed by atoms with E-state index in [0.717, 1.165) is 17.7 Å². The van der Waals surface area contributed by atoms with Crippen LogP contribution in [-0.2, 0) is 27.4 Å². The number of benzene rings is 1. The van der Waals surface area contributed by atoms with Gasteiger partial charge in [0.05, 0.1) is 10.6 Å². The van der Waals surface area contributed by atoms with Crippen molar-refractivity contribution >= 4 is 15.9 Å². The van der Waals surface area contributed by atoms with Crippen LogP contribution in [0.25, 0.3) is 5.69 Å². The Labute approximate surface area is 171 Å². The fourth-order valence-corrected chi connectivity index (χ4v) is 2.89. The van der Waals surface area contributed by atoms with E-state index in [9.17, 15) is 26.4 Å². The molecular formula is C14H16F3N4NaO3S. The zero-order chi connectivity index (χ0) is 18.8. The molecule has 138 valence electrons. The SMILES string of the molecule is CCc1cc(C(F)(F)F)nn1-c1ccc(S(=O)(=O)NNC(C)=O)cc1.[H-].[Na+]. The molecule has 0 unspecified atom stereocenters. The van der Waals surface area contributed by atoms with E-state index in [1.807, 2.05) is 10.3 Å². The molecule has 1 amide bonds. The summed E-state index contributed by atoms with van der Waals surface area (Å²) in [5, 5.41) is 3.54. The number of halogens is 3. The van der Waals surface area contributed by atoms with Gasteiger partial charge in [-0.1, -0.05) is 6.92 Å². The first kappa shape index (κ1) is 22.6. The van der Waals surface area contributed by atoms with Gasteiger partial charge < -0.3 is 1.43 Å². The molecule has 0 aliphatic rings. The molecule has 2 rings (SSSR count). The summed E-state index contributed by atoms with van der Waals surface area (Å²) in [6.45, 7) is 2.82. The van der Waals surface area contributed by atoms with Crippen LogP contribution in [0.2, 0.25) is 0 Å². The minimum atomic E-state index is -4.57. The van der Waals surface area contributed by atoms with Gasteiger partial charge in [-0.3, -0.25) is 10.2 Å². The van der Waals surface area contributed by atoms with Crippen molar-refractivity contribution in [2.24, 2.45) is 0 Å². The third-order valence-electron chi connectivity index (χ3n) is 3.19. The van der Waals surface area contributed by atoms with Gasteiger partial charge in [-0.15, -0.1) is 4.83 Å². The topological polar surface area (TPSA) is 93.1 Å². The average Bonchev–Trinajstić information content (AvgIpc) is 2.98. The maximum atomic E-state index is 12.8. The zero-order valence-corrected chi connectivity index (χ0v) is 17.1. The summed E-state index contributed by atoms with van der Waals surface area (Å²) in [5.74, 6) is -0.594. The standard InChI is InChI=1S/C14H15F3N4O3S.Na.H/c1-3-10-8-13(14(15,16)17)19-21(10)11-4-6-12(7-5-11)25(23,24)20-18-9(2)22;;/h4-8,20H,3H2,1-2H3,(H,18,22);;/q;+1;-1. The quantitative estimate of drug-likeness (QED) is 0.492. The number of sulfonamides is 1. The second-order valence-electron chi connectivity index (χ2n) is 5.06. The number of amides is 1. The van der Waals surface area contributed by atoms with Crippen molar-refractivity contribution in [2.75, 3.05) is 0 Å². The molecule has 0 saturated heterocycles. The van der Waals surface area contributed by atoms with E-state index in [-0.39, 0.29) is 41.6 Å². The van der Waals surface area contributed by atoms with Crippen molar-refractivity contribution in [3.05, 3.63) is 41.7 Å². The van der Waals surface area contributed by atoms with Gasteiger partial charge in [0.2, 0.25) is 5.91 Å². The molecule has 0 bridgehead atoms. The predicted octanol–water partition coefficient (Wildman–Crippen LogP) is -1.10. The van der Waals surface area contributed by atoms with Crippen molar-refractivity contribution < 1.29 is 57.4 Å². The van der Waals surface area contributed by atoms with Crippen molar-refractivity contribution in [1.29, 1.82) is 0 Å². The number of nitrogens with zero attached hydrogens (tertiary/aromatic N) is 2. The fourth-order valence-electron chi connectivity index (χ4n) is 2.00. The minimum Gasteiger partial charge on any atom is -1.00 e. The molecule has 2 aromatic rings. The molecule has 0 spiro atoms. The Morgan fingerprint density at radius 1 is 1.27 bits per heavy atom. The second-order valence-corrected chi connectivity index (χ2v) is 6.75. The number of nitrogens with one attached hydrogen (secondary N) is 2. The van der Waals surface area contributed by atoms with E-state index < -0.39 is 27.8 Å². The first-order valence-corrected chi connectivity index (χ1v) is 8.58. The van der Waals surface area contributed by atoms with Gasteiger partial charge in [-0.2, -0.15) is 18.3 Å². The average molecular weight is 400 g/mol. The maximum absolute atomic E-state index is 12.8. The smallest absolute Gasteiger partial charge is 1.00 e. The van der Waals surface area contributed by atoms with Gasteiger partial charge in [0.1, 0.15) is 0 Å². The van der Waals surface area contributed by atoms with Crippen molar-refractivity contribution in [2.45, 2.75) is 31.3 Å². The van der Waals surface area contributed by atoms with Crippen LogP contribution in [0.1, 0.15) is 26.7 Å². The molecule has 0 radical (unpaired) electrons. The van der Waals surface area contributed by atoms with Gasteiger partial charge >= 0.3 is 35.7 Å². The van der Waals surface area contributed by atoms with Gasteiger partial charge in [0.15, 0.2) is 5.69 Å². The Bertz CT molecular complexity index is 886. The Morgan fingerprint density at radius 2 is 1.85 bits per heavy atom. The van der Waals surface area contributed by atoms with Crippen LogP contribution in [0.5, 0.6) is 0 Å². The third kappa shape index (κ3) is 5.30. The van der Waals surface area contributed by atoms with Crippen LogP contribution >= 0.6 is 0 Å². The summed E-state index contributed by atoms with van der Waals surface area (Å²) in [6, 6.07) is 6.01. The first-order valence-electron chi connectivity index (χ1n) is 7.09. The van der Waals surface area contributed by atoms with Crippen molar-refractivity contribution in [3.8, 4) is 5.69 Å². The van der Waals surface area contributed by atoms with Gasteiger partial charge in [0, 0.05) is 12.6 Å². The molecule has 2 N–H and O–H groups in total. The first-order chi connectivity index (χ1) is 11.5. The molecular weight excluding hydrogens is 384 g/mol. The fraction of sp³-hybridized carbons (Fsp3) is 0.286. The summed E-state index contributed by atoms with van der Waals surface area (Å²) in [5.41, 5.74) is 1.55. The molecule has 0 atom stereocenters. The Hall–Kier alpha value is -1.40. The van der Waals surface area contributed by atoms with Gasteiger partial charge in [-0.25, -0.2) is 13.1 Å². The van der Waals surface area contributed by atoms with Gasteiger partial charge in [0.25, 0.3) is 10.0 Å². The summed E-state index contributed by atoms with van der Waals surface area (Å²) >= 11 is 0. The number of carbonyl (C=O) groups is 1. The van der Waals surface area contributed by atoms with Crippen LogP contribution in [0.4, 0.5) is 13.2 Å². The summed E-state index contributed by atoms with van der Waals surface area (Å²) in [6.07, 6.45) is -4.26. The molecule has 26 heavy (non-hydrogen) atoms. The largest absolute Gasteiger partial charge is 1.00 e. The molecule has 1 aromatic carbocycles. The van der Waals surface area contributed by atoms with E-state index in [2.05, 4.69) is 5.10 Å². The van der Waals surface area contributed by atoms with Crippen LogP contribution in [0.3, 0.4) is 0 Å². The minimum absolute atomic E-state index is 0.